The second kappa shape index (κ2) is 5.39. The lowest BCUT2D eigenvalue weighted by Gasteiger charge is -2.01. The number of amides is 1. The Morgan fingerprint density at radius 1 is 1.71 bits per heavy atom. The van der Waals surface area contributed by atoms with Gasteiger partial charge in [-0.05, 0) is 13.0 Å². The van der Waals surface area contributed by atoms with E-state index in [2.05, 4.69) is 10.3 Å². The van der Waals surface area contributed by atoms with Gasteiger partial charge in [0.25, 0.3) is 0 Å². The minimum Gasteiger partial charge on any atom is -0.449 e. The van der Waals surface area contributed by atoms with E-state index in [1.54, 1.807) is 6.92 Å². The Labute approximate surface area is 82.7 Å². The van der Waals surface area contributed by atoms with E-state index >= 15 is 0 Å². The third-order valence-corrected chi connectivity index (χ3v) is 1.71. The van der Waals surface area contributed by atoms with Crippen LogP contribution in [-0.4, -0.2) is 24.0 Å². The standard InChI is InChI=1S/C9H15N3O2/c1-7-12-8(6-14-7)5-9(13)11-4-2-3-10/h6H,2-5,10H2,1H3,(H,11,13). The SMILES string of the molecule is Cc1nc(CC(=O)NCCCN)co1. The van der Waals surface area contributed by atoms with Gasteiger partial charge >= 0.3 is 0 Å². The van der Waals surface area contributed by atoms with Crippen LogP contribution in [0.4, 0.5) is 0 Å². The van der Waals surface area contributed by atoms with E-state index in [1.807, 2.05) is 0 Å². The Morgan fingerprint density at radius 3 is 3.07 bits per heavy atom. The number of nitrogens with zero attached hydrogens (tertiary/aromatic N) is 1. The number of hydrogen-bond acceptors (Lipinski definition) is 4. The summed E-state index contributed by atoms with van der Waals surface area (Å²) in [6.45, 7) is 2.95. The molecule has 3 N–H and O–H groups in total. The van der Waals surface area contributed by atoms with Crippen LogP contribution < -0.4 is 11.1 Å². The highest BCUT2D eigenvalue weighted by Gasteiger charge is 2.05. The first kappa shape index (κ1) is 10.7. The molecule has 0 saturated heterocycles. The van der Waals surface area contributed by atoms with Crippen molar-refractivity contribution in [2.75, 3.05) is 13.1 Å². The van der Waals surface area contributed by atoms with Crippen LogP contribution in [0.15, 0.2) is 10.7 Å². The highest BCUT2D eigenvalue weighted by Crippen LogP contribution is 2.00. The average Bonchev–Trinajstić information content (AvgIpc) is 2.52. The first-order chi connectivity index (χ1) is 6.72. The van der Waals surface area contributed by atoms with Crippen molar-refractivity contribution in [3.63, 3.8) is 0 Å². The number of oxazole rings is 1. The molecule has 0 fully saturated rings. The van der Waals surface area contributed by atoms with E-state index in [9.17, 15) is 4.79 Å². The lowest BCUT2D eigenvalue weighted by Crippen LogP contribution is -2.27. The molecule has 0 aliphatic carbocycles. The minimum absolute atomic E-state index is 0.0493. The molecule has 0 spiro atoms. The maximum Gasteiger partial charge on any atom is 0.226 e. The zero-order chi connectivity index (χ0) is 10.4. The summed E-state index contributed by atoms with van der Waals surface area (Å²) in [5, 5.41) is 2.74. The molecule has 1 aromatic heterocycles. The summed E-state index contributed by atoms with van der Waals surface area (Å²) < 4.78 is 4.98. The van der Waals surface area contributed by atoms with Gasteiger partial charge in [0.1, 0.15) is 6.26 Å². The minimum atomic E-state index is -0.0493. The fraction of sp³-hybridized carbons (Fsp3) is 0.556. The summed E-state index contributed by atoms with van der Waals surface area (Å²) in [5.41, 5.74) is 5.95. The van der Waals surface area contributed by atoms with Crippen molar-refractivity contribution in [3.8, 4) is 0 Å². The van der Waals surface area contributed by atoms with Crippen molar-refractivity contribution in [1.29, 1.82) is 0 Å². The van der Waals surface area contributed by atoms with Gasteiger partial charge in [0.15, 0.2) is 5.89 Å². The van der Waals surface area contributed by atoms with Crippen LogP contribution in [0.1, 0.15) is 18.0 Å². The van der Waals surface area contributed by atoms with Gasteiger partial charge < -0.3 is 15.5 Å². The first-order valence-corrected chi connectivity index (χ1v) is 4.60. The average molecular weight is 197 g/mol. The molecule has 14 heavy (non-hydrogen) atoms. The summed E-state index contributed by atoms with van der Waals surface area (Å²) in [6, 6.07) is 0. The van der Waals surface area contributed by atoms with Crippen LogP contribution >= 0.6 is 0 Å². The van der Waals surface area contributed by atoms with Crippen LogP contribution in [0.5, 0.6) is 0 Å². The molecule has 5 nitrogen and oxygen atoms in total. The Balaban J connectivity index is 2.27. The van der Waals surface area contributed by atoms with Crippen LogP contribution in [0.2, 0.25) is 0 Å². The van der Waals surface area contributed by atoms with Crippen molar-refractivity contribution in [3.05, 3.63) is 17.8 Å². The maximum atomic E-state index is 11.3. The largest absolute Gasteiger partial charge is 0.449 e. The Hall–Kier alpha value is -1.36. The number of nitrogens with one attached hydrogen (secondary N) is 1. The van der Waals surface area contributed by atoms with Crippen molar-refractivity contribution >= 4 is 5.91 Å². The molecule has 0 saturated carbocycles. The number of carbonyl (C=O) groups excluding carboxylic acids is 1. The predicted octanol–water partition coefficient (Wildman–Crippen LogP) is -0.00948. The molecule has 1 rings (SSSR count). The van der Waals surface area contributed by atoms with Gasteiger partial charge in [-0.25, -0.2) is 4.98 Å². The van der Waals surface area contributed by atoms with Crippen LogP contribution in [0, 0.1) is 6.92 Å². The van der Waals surface area contributed by atoms with Crippen molar-refractivity contribution in [1.82, 2.24) is 10.3 Å². The van der Waals surface area contributed by atoms with Crippen molar-refractivity contribution < 1.29 is 9.21 Å². The number of rotatable bonds is 5. The van der Waals surface area contributed by atoms with Gasteiger partial charge in [-0.3, -0.25) is 4.79 Å². The Kier molecular flexibility index (Phi) is 4.12. The number of hydrogen-bond donors (Lipinski definition) is 2. The smallest absolute Gasteiger partial charge is 0.226 e. The van der Waals surface area contributed by atoms with E-state index in [0.29, 0.717) is 24.7 Å². The second-order valence-electron chi connectivity index (χ2n) is 3.03. The highest BCUT2D eigenvalue weighted by atomic mass is 16.3. The van der Waals surface area contributed by atoms with Gasteiger partial charge in [0, 0.05) is 13.5 Å². The molecular weight excluding hydrogens is 182 g/mol. The normalized spacial score (nSPS) is 10.1. The fourth-order valence-corrected chi connectivity index (χ4v) is 1.05. The van der Waals surface area contributed by atoms with Crippen molar-refractivity contribution in [2.24, 2.45) is 5.73 Å². The number of aryl methyl sites for hydroxylation is 1. The summed E-state index contributed by atoms with van der Waals surface area (Å²) in [5.74, 6) is 0.529. The maximum absolute atomic E-state index is 11.3. The zero-order valence-electron chi connectivity index (χ0n) is 8.25. The first-order valence-electron chi connectivity index (χ1n) is 4.60. The second-order valence-corrected chi connectivity index (χ2v) is 3.03. The van der Waals surface area contributed by atoms with Crippen LogP contribution in [0.3, 0.4) is 0 Å². The molecule has 0 aliphatic rings. The predicted molar refractivity (Wildman–Crippen MR) is 51.6 cm³/mol. The van der Waals surface area contributed by atoms with Gasteiger partial charge in [-0.2, -0.15) is 0 Å². The molecule has 78 valence electrons. The van der Waals surface area contributed by atoms with Gasteiger partial charge in [0.2, 0.25) is 5.91 Å². The highest BCUT2D eigenvalue weighted by molar-refractivity contribution is 5.77. The summed E-state index contributed by atoms with van der Waals surface area (Å²) in [7, 11) is 0. The molecule has 0 bridgehead atoms. The number of nitrogens with two attached hydrogens (primary N) is 1. The number of carbonyl (C=O) groups is 1. The molecule has 0 unspecified atom stereocenters. The van der Waals surface area contributed by atoms with Gasteiger partial charge in [-0.15, -0.1) is 0 Å². The third kappa shape index (κ3) is 3.57. The topological polar surface area (TPSA) is 81.2 Å². The third-order valence-electron chi connectivity index (χ3n) is 1.71. The quantitative estimate of drug-likeness (QED) is 0.650. The van der Waals surface area contributed by atoms with Gasteiger partial charge in [-0.1, -0.05) is 0 Å². The number of aromatic nitrogens is 1. The Bertz CT molecular complexity index is 296. The van der Waals surface area contributed by atoms with Crippen LogP contribution in [0.25, 0.3) is 0 Å². The summed E-state index contributed by atoms with van der Waals surface area (Å²) >= 11 is 0. The molecule has 0 radical (unpaired) electrons. The van der Waals surface area contributed by atoms with Gasteiger partial charge in [0.05, 0.1) is 12.1 Å². The molecular formula is C9H15N3O2. The fourth-order valence-electron chi connectivity index (χ4n) is 1.05. The lowest BCUT2D eigenvalue weighted by atomic mass is 10.3. The Morgan fingerprint density at radius 2 is 2.50 bits per heavy atom. The van der Waals surface area contributed by atoms with Crippen LogP contribution in [-0.2, 0) is 11.2 Å². The summed E-state index contributed by atoms with van der Waals surface area (Å²) in [4.78, 5) is 15.3. The monoisotopic (exact) mass is 197 g/mol. The molecule has 0 aromatic carbocycles. The van der Waals surface area contributed by atoms with E-state index in [4.69, 9.17) is 10.2 Å². The van der Waals surface area contributed by atoms with E-state index < -0.39 is 0 Å². The lowest BCUT2D eigenvalue weighted by molar-refractivity contribution is -0.120. The van der Waals surface area contributed by atoms with E-state index in [1.165, 1.54) is 6.26 Å². The molecule has 0 aliphatic heterocycles. The van der Waals surface area contributed by atoms with E-state index in [0.717, 1.165) is 6.42 Å². The molecule has 1 aromatic rings. The molecule has 0 atom stereocenters. The zero-order valence-corrected chi connectivity index (χ0v) is 8.25. The molecule has 1 amide bonds. The molecule has 1 heterocycles. The van der Waals surface area contributed by atoms with Crippen molar-refractivity contribution in [2.45, 2.75) is 19.8 Å². The summed E-state index contributed by atoms with van der Waals surface area (Å²) in [6.07, 6.45) is 2.56. The van der Waals surface area contributed by atoms with E-state index in [-0.39, 0.29) is 12.3 Å². The molecule has 5 heteroatoms.